The number of carbonyl (C=O) groups excluding carboxylic acids is 3. The Balaban J connectivity index is 1.30. The van der Waals surface area contributed by atoms with Crippen molar-refractivity contribution in [3.05, 3.63) is 118 Å². The van der Waals surface area contributed by atoms with E-state index in [1.807, 2.05) is 6.07 Å². The Morgan fingerprint density at radius 2 is 1.56 bits per heavy atom. The minimum absolute atomic E-state index is 0.0199. The van der Waals surface area contributed by atoms with Crippen molar-refractivity contribution in [3.8, 4) is 0 Å². The fraction of sp³-hybridized carbons (Fsp3) is 0.103. The summed E-state index contributed by atoms with van der Waals surface area (Å²) in [5.41, 5.74) is 3.31. The van der Waals surface area contributed by atoms with Gasteiger partial charge in [0.2, 0.25) is 10.0 Å². The minimum Gasteiger partial charge on any atom is -0.458 e. The van der Waals surface area contributed by atoms with Crippen LogP contribution >= 0.6 is 23.2 Å². The maximum Gasteiger partial charge on any atom is 0.313 e. The van der Waals surface area contributed by atoms with Gasteiger partial charge in [0.15, 0.2) is 0 Å². The highest BCUT2D eigenvalue weighted by atomic mass is 35.5. The zero-order valence-electron chi connectivity index (χ0n) is 22.4. The molecule has 0 aliphatic rings. The standard InChI is InChI=1S/C29H25Cl2N5O6S/c30-25-14-11-21(15-26(25)31)34-29(39)28(38)32-16-22-12-13-23(42-22)17-33-35-27(37)19-36(18-20-7-3-1-4-8-20)43(40,41)24-9-5-2-6-10-24/h1-15,17H,16,18-19H2,(H,32,38)(H,34,39)(H,35,37)/b33-17-. The van der Waals surface area contributed by atoms with Crippen molar-refractivity contribution in [1.82, 2.24) is 15.0 Å². The summed E-state index contributed by atoms with van der Waals surface area (Å²) < 4.78 is 33.1. The van der Waals surface area contributed by atoms with Crippen LogP contribution in [0.25, 0.3) is 0 Å². The number of nitrogens with zero attached hydrogens (tertiary/aromatic N) is 2. The minimum atomic E-state index is -3.98. The number of rotatable bonds is 11. The molecule has 0 radical (unpaired) electrons. The van der Waals surface area contributed by atoms with E-state index in [9.17, 15) is 22.8 Å². The van der Waals surface area contributed by atoms with Gasteiger partial charge in [-0.1, -0.05) is 71.7 Å². The maximum atomic E-state index is 13.3. The molecule has 0 aliphatic carbocycles. The molecule has 0 saturated heterocycles. The molecular weight excluding hydrogens is 617 g/mol. The van der Waals surface area contributed by atoms with Crippen LogP contribution in [0.1, 0.15) is 17.1 Å². The van der Waals surface area contributed by atoms with E-state index in [-0.39, 0.29) is 28.8 Å². The molecule has 0 atom stereocenters. The number of furan rings is 1. The predicted octanol–water partition coefficient (Wildman–Crippen LogP) is 4.18. The van der Waals surface area contributed by atoms with Gasteiger partial charge in [-0.3, -0.25) is 14.4 Å². The van der Waals surface area contributed by atoms with Crippen LogP contribution in [0.3, 0.4) is 0 Å². The first kappa shape index (κ1) is 31.4. The molecule has 1 heterocycles. The lowest BCUT2D eigenvalue weighted by Crippen LogP contribution is -2.39. The molecule has 3 aromatic carbocycles. The topological polar surface area (TPSA) is 150 Å². The molecular formula is C29H25Cl2N5O6S. The SMILES string of the molecule is O=C(CN(Cc1ccccc1)S(=O)(=O)c1ccccc1)N/N=C\c1ccc(CNC(=O)C(=O)Nc2ccc(Cl)c(Cl)c2)o1. The molecule has 11 nitrogen and oxygen atoms in total. The van der Waals surface area contributed by atoms with Crippen molar-refractivity contribution in [3.63, 3.8) is 0 Å². The van der Waals surface area contributed by atoms with Crippen molar-refractivity contribution in [2.75, 3.05) is 11.9 Å². The van der Waals surface area contributed by atoms with E-state index >= 15 is 0 Å². The summed E-state index contributed by atoms with van der Waals surface area (Å²) in [6, 6.07) is 24.2. The molecule has 0 bridgehead atoms. The van der Waals surface area contributed by atoms with Crippen molar-refractivity contribution in [2.45, 2.75) is 18.0 Å². The third-order valence-electron chi connectivity index (χ3n) is 5.77. The summed E-state index contributed by atoms with van der Waals surface area (Å²) >= 11 is 11.8. The third-order valence-corrected chi connectivity index (χ3v) is 8.32. The molecule has 14 heteroatoms. The monoisotopic (exact) mass is 641 g/mol. The highest BCUT2D eigenvalue weighted by Crippen LogP contribution is 2.25. The summed E-state index contributed by atoms with van der Waals surface area (Å²) in [4.78, 5) is 37.0. The van der Waals surface area contributed by atoms with Gasteiger partial charge in [-0.05, 0) is 48.0 Å². The van der Waals surface area contributed by atoms with Gasteiger partial charge in [-0.25, -0.2) is 13.8 Å². The predicted molar refractivity (Wildman–Crippen MR) is 162 cm³/mol. The van der Waals surface area contributed by atoms with E-state index in [1.165, 1.54) is 42.6 Å². The Hall–Kier alpha value is -4.49. The summed E-state index contributed by atoms with van der Waals surface area (Å²) in [5, 5.41) is 9.20. The number of sulfonamides is 1. The Labute approximate surface area is 257 Å². The van der Waals surface area contributed by atoms with E-state index < -0.39 is 34.3 Å². The molecule has 43 heavy (non-hydrogen) atoms. The second-order valence-corrected chi connectivity index (χ2v) is 11.7. The smallest absolute Gasteiger partial charge is 0.313 e. The second-order valence-electron chi connectivity index (χ2n) is 8.93. The Bertz CT molecular complexity index is 1730. The van der Waals surface area contributed by atoms with Gasteiger partial charge in [-0.15, -0.1) is 0 Å². The van der Waals surface area contributed by atoms with E-state index in [2.05, 4.69) is 21.2 Å². The zero-order valence-corrected chi connectivity index (χ0v) is 24.7. The molecule has 4 rings (SSSR count). The number of carbonyl (C=O) groups is 3. The number of nitrogens with one attached hydrogen (secondary N) is 3. The number of anilines is 1. The van der Waals surface area contributed by atoms with Crippen molar-refractivity contribution < 1.29 is 27.2 Å². The Morgan fingerprint density at radius 3 is 2.26 bits per heavy atom. The van der Waals surface area contributed by atoms with Crippen LogP contribution < -0.4 is 16.1 Å². The number of hydrazone groups is 1. The van der Waals surface area contributed by atoms with Crippen LogP contribution in [0, 0.1) is 0 Å². The highest BCUT2D eigenvalue weighted by Gasteiger charge is 2.26. The van der Waals surface area contributed by atoms with Gasteiger partial charge in [-0.2, -0.15) is 9.41 Å². The van der Waals surface area contributed by atoms with Crippen LogP contribution in [0.2, 0.25) is 10.0 Å². The van der Waals surface area contributed by atoms with Crippen LogP contribution in [-0.4, -0.2) is 43.2 Å². The van der Waals surface area contributed by atoms with Crippen LogP contribution in [0.5, 0.6) is 0 Å². The molecule has 0 aliphatic heterocycles. The first-order chi connectivity index (χ1) is 20.6. The van der Waals surface area contributed by atoms with Gasteiger partial charge in [0.05, 0.1) is 34.2 Å². The average Bonchev–Trinajstić information content (AvgIpc) is 3.46. The lowest BCUT2D eigenvalue weighted by molar-refractivity contribution is -0.136. The fourth-order valence-electron chi connectivity index (χ4n) is 3.69. The molecule has 3 amide bonds. The van der Waals surface area contributed by atoms with Crippen LogP contribution in [0.4, 0.5) is 5.69 Å². The first-order valence-corrected chi connectivity index (χ1v) is 14.9. The van der Waals surface area contributed by atoms with E-state index in [4.69, 9.17) is 27.6 Å². The second kappa shape index (κ2) is 14.6. The molecule has 0 saturated carbocycles. The number of halogens is 2. The van der Waals surface area contributed by atoms with E-state index in [1.54, 1.807) is 48.5 Å². The Kier molecular flexibility index (Phi) is 10.7. The van der Waals surface area contributed by atoms with Crippen molar-refractivity contribution in [1.29, 1.82) is 0 Å². The summed E-state index contributed by atoms with van der Waals surface area (Å²) in [7, 11) is -3.98. The Morgan fingerprint density at radius 1 is 0.860 bits per heavy atom. The third kappa shape index (κ3) is 9.00. The lowest BCUT2D eigenvalue weighted by Gasteiger charge is -2.21. The number of amides is 3. The molecule has 222 valence electrons. The average molecular weight is 643 g/mol. The van der Waals surface area contributed by atoms with Gasteiger partial charge in [0.1, 0.15) is 11.5 Å². The largest absolute Gasteiger partial charge is 0.458 e. The molecule has 0 fully saturated rings. The number of benzene rings is 3. The normalized spacial score (nSPS) is 11.4. The summed E-state index contributed by atoms with van der Waals surface area (Å²) in [6.07, 6.45) is 1.22. The molecule has 0 unspecified atom stereocenters. The first-order valence-electron chi connectivity index (χ1n) is 12.7. The quantitative estimate of drug-likeness (QED) is 0.127. The van der Waals surface area contributed by atoms with Gasteiger partial charge in [0, 0.05) is 12.2 Å². The van der Waals surface area contributed by atoms with Gasteiger partial charge in [0.25, 0.3) is 5.91 Å². The molecule has 4 aromatic rings. The number of hydrogen-bond donors (Lipinski definition) is 3. The van der Waals surface area contributed by atoms with Crippen LogP contribution in [0.15, 0.2) is 105 Å². The maximum absolute atomic E-state index is 13.3. The molecule has 0 spiro atoms. The van der Waals surface area contributed by atoms with Crippen LogP contribution in [-0.2, 0) is 37.5 Å². The molecule has 1 aromatic heterocycles. The molecule has 3 N–H and O–H groups in total. The summed E-state index contributed by atoms with van der Waals surface area (Å²) in [6.45, 7) is -0.600. The van der Waals surface area contributed by atoms with E-state index in [0.717, 1.165) is 4.31 Å². The van der Waals surface area contributed by atoms with Gasteiger partial charge < -0.3 is 15.1 Å². The van der Waals surface area contributed by atoms with Crippen molar-refractivity contribution in [2.24, 2.45) is 5.10 Å². The van der Waals surface area contributed by atoms with Gasteiger partial charge >= 0.3 is 11.8 Å². The lowest BCUT2D eigenvalue weighted by atomic mass is 10.2. The number of hydrogen-bond acceptors (Lipinski definition) is 7. The fourth-order valence-corrected chi connectivity index (χ4v) is 5.39. The van der Waals surface area contributed by atoms with E-state index in [0.29, 0.717) is 22.0 Å². The highest BCUT2D eigenvalue weighted by molar-refractivity contribution is 7.89. The summed E-state index contributed by atoms with van der Waals surface area (Å²) in [5.74, 6) is -1.94. The zero-order chi connectivity index (χ0) is 30.8. The van der Waals surface area contributed by atoms with Crippen molar-refractivity contribution >= 4 is 62.8 Å².